The van der Waals surface area contributed by atoms with Crippen LogP contribution in [-0.2, 0) is 21.5 Å². The van der Waals surface area contributed by atoms with Crippen molar-refractivity contribution in [2.45, 2.75) is 25.5 Å². The molecule has 0 unspecified atom stereocenters. The van der Waals surface area contributed by atoms with Gasteiger partial charge in [-0.25, -0.2) is 5.14 Å². The quantitative estimate of drug-likeness (QED) is 0.618. The van der Waals surface area contributed by atoms with E-state index in [1.165, 1.54) is 0 Å². The number of nitrogens with one attached hydrogen (secondary N) is 2. The predicted octanol–water partition coefficient (Wildman–Crippen LogP) is 1.79. The smallest absolute Gasteiger partial charge is 0.296 e. The second-order valence-corrected chi connectivity index (χ2v) is 7.79. The summed E-state index contributed by atoms with van der Waals surface area (Å²) >= 11 is 0. The Kier molecular flexibility index (Phi) is 6.50. The van der Waals surface area contributed by atoms with Gasteiger partial charge in [-0.1, -0.05) is 12.1 Å². The highest BCUT2D eigenvalue weighted by Crippen LogP contribution is 2.17. The Labute approximate surface area is 164 Å². The molecule has 4 N–H and O–H groups in total. The molecule has 1 amide bonds. The van der Waals surface area contributed by atoms with Gasteiger partial charge in [0.1, 0.15) is 12.4 Å². The molecule has 2 aromatic rings. The van der Waals surface area contributed by atoms with Gasteiger partial charge in [-0.2, -0.15) is 8.42 Å². The molecule has 1 aliphatic rings. The Morgan fingerprint density at radius 2 is 2.00 bits per heavy atom. The molecule has 0 radical (unpaired) electrons. The van der Waals surface area contributed by atoms with Crippen LogP contribution in [0.4, 0.5) is 5.69 Å². The highest BCUT2D eigenvalue weighted by Gasteiger charge is 2.16. The number of hydrogen-bond donors (Lipinski definition) is 3. The fourth-order valence-corrected chi connectivity index (χ4v) is 3.32. The molecule has 0 aliphatic carbocycles. The van der Waals surface area contributed by atoms with Gasteiger partial charge in [0.05, 0.1) is 11.8 Å². The van der Waals surface area contributed by atoms with E-state index in [9.17, 15) is 13.2 Å². The average molecular weight is 405 g/mol. The standard InChI is InChI=1S/C19H23N3O5S/c20-28(24,25)22-16-4-1-3-14(11-16)12-21-19(23)15-6-8-17(9-7-15)27-13-18-5-2-10-26-18/h1,3-4,6-9,11,18,22H,2,5,10,12-13H2,(H,21,23)(H2,20,24,25)/t18-/m1/s1. The van der Waals surface area contributed by atoms with Crippen molar-refractivity contribution in [2.24, 2.45) is 5.14 Å². The predicted molar refractivity (Wildman–Crippen MR) is 105 cm³/mol. The Morgan fingerprint density at radius 3 is 2.68 bits per heavy atom. The van der Waals surface area contributed by atoms with Crippen LogP contribution in [0.25, 0.3) is 0 Å². The maximum Gasteiger partial charge on any atom is 0.296 e. The van der Waals surface area contributed by atoms with Crippen LogP contribution in [0.1, 0.15) is 28.8 Å². The van der Waals surface area contributed by atoms with Crippen molar-refractivity contribution >= 4 is 21.8 Å². The van der Waals surface area contributed by atoms with Crippen LogP contribution < -0.4 is 19.9 Å². The maximum absolute atomic E-state index is 12.3. The van der Waals surface area contributed by atoms with Crippen LogP contribution in [0.5, 0.6) is 5.75 Å². The Balaban J connectivity index is 1.51. The Morgan fingerprint density at radius 1 is 1.21 bits per heavy atom. The number of hydrogen-bond acceptors (Lipinski definition) is 5. The number of carbonyl (C=O) groups is 1. The molecule has 0 saturated carbocycles. The molecule has 2 aromatic carbocycles. The lowest BCUT2D eigenvalue weighted by Gasteiger charge is -2.12. The molecule has 1 atom stereocenters. The van der Waals surface area contributed by atoms with Gasteiger partial charge in [0.15, 0.2) is 0 Å². The van der Waals surface area contributed by atoms with Crippen LogP contribution in [-0.4, -0.2) is 33.6 Å². The number of anilines is 1. The van der Waals surface area contributed by atoms with Crippen LogP contribution in [0.2, 0.25) is 0 Å². The molecule has 3 rings (SSSR count). The van der Waals surface area contributed by atoms with Crippen LogP contribution in [0.15, 0.2) is 48.5 Å². The summed E-state index contributed by atoms with van der Waals surface area (Å²) in [7, 11) is -3.84. The van der Waals surface area contributed by atoms with E-state index in [0.717, 1.165) is 25.0 Å². The lowest BCUT2D eigenvalue weighted by molar-refractivity contribution is 0.0679. The van der Waals surface area contributed by atoms with E-state index in [0.29, 0.717) is 23.6 Å². The van der Waals surface area contributed by atoms with Crippen LogP contribution in [0.3, 0.4) is 0 Å². The second-order valence-electron chi connectivity index (χ2n) is 6.50. The minimum absolute atomic E-state index is 0.141. The van der Waals surface area contributed by atoms with Gasteiger partial charge in [0.2, 0.25) is 0 Å². The molecule has 28 heavy (non-hydrogen) atoms. The molecule has 1 aliphatic heterocycles. The molecule has 1 fully saturated rings. The first-order chi connectivity index (χ1) is 13.4. The summed E-state index contributed by atoms with van der Waals surface area (Å²) in [5.41, 5.74) is 1.57. The van der Waals surface area contributed by atoms with Crippen molar-refractivity contribution < 1.29 is 22.7 Å². The van der Waals surface area contributed by atoms with Crippen LogP contribution >= 0.6 is 0 Å². The van der Waals surface area contributed by atoms with Gasteiger partial charge >= 0.3 is 0 Å². The van der Waals surface area contributed by atoms with Gasteiger partial charge in [-0.3, -0.25) is 9.52 Å². The topological polar surface area (TPSA) is 120 Å². The van der Waals surface area contributed by atoms with E-state index in [1.807, 2.05) is 0 Å². The van der Waals surface area contributed by atoms with E-state index in [2.05, 4.69) is 10.0 Å². The fraction of sp³-hybridized carbons (Fsp3) is 0.316. The molecular weight excluding hydrogens is 382 g/mol. The summed E-state index contributed by atoms with van der Waals surface area (Å²) in [6.45, 7) is 1.54. The van der Waals surface area contributed by atoms with E-state index in [-0.39, 0.29) is 18.6 Å². The van der Waals surface area contributed by atoms with Crippen LogP contribution in [0, 0.1) is 0 Å². The monoisotopic (exact) mass is 405 g/mol. The third kappa shape index (κ3) is 6.22. The van der Waals surface area contributed by atoms with Crippen molar-refractivity contribution in [3.05, 3.63) is 59.7 Å². The minimum atomic E-state index is -3.84. The number of carbonyl (C=O) groups excluding carboxylic acids is 1. The molecule has 8 nitrogen and oxygen atoms in total. The summed E-state index contributed by atoms with van der Waals surface area (Å²) in [5.74, 6) is 0.448. The van der Waals surface area contributed by atoms with Crippen molar-refractivity contribution in [1.82, 2.24) is 5.32 Å². The van der Waals surface area contributed by atoms with E-state index in [4.69, 9.17) is 14.6 Å². The van der Waals surface area contributed by atoms with Crippen molar-refractivity contribution in [3.8, 4) is 5.75 Å². The molecule has 1 saturated heterocycles. The third-order valence-corrected chi connectivity index (χ3v) is 4.74. The van der Waals surface area contributed by atoms with Crippen molar-refractivity contribution in [2.75, 3.05) is 17.9 Å². The fourth-order valence-electron chi connectivity index (χ4n) is 2.86. The molecule has 150 valence electrons. The van der Waals surface area contributed by atoms with Gasteiger partial charge in [0, 0.05) is 18.7 Å². The average Bonchev–Trinajstić information content (AvgIpc) is 3.17. The zero-order chi connectivity index (χ0) is 20.0. The lowest BCUT2D eigenvalue weighted by atomic mass is 10.1. The van der Waals surface area contributed by atoms with Gasteiger partial charge < -0.3 is 14.8 Å². The summed E-state index contributed by atoms with van der Waals surface area (Å²) < 4.78 is 35.6. The first kappa shape index (κ1) is 20.1. The first-order valence-electron chi connectivity index (χ1n) is 8.91. The summed E-state index contributed by atoms with van der Waals surface area (Å²) in [5, 5.41) is 7.75. The largest absolute Gasteiger partial charge is 0.491 e. The van der Waals surface area contributed by atoms with Crippen molar-refractivity contribution in [3.63, 3.8) is 0 Å². The van der Waals surface area contributed by atoms with E-state index < -0.39 is 10.2 Å². The molecule has 0 bridgehead atoms. The Hall–Kier alpha value is -2.62. The SMILES string of the molecule is NS(=O)(=O)Nc1cccc(CNC(=O)c2ccc(OC[C@H]3CCCO3)cc2)c1. The maximum atomic E-state index is 12.3. The Bertz CT molecular complexity index is 909. The summed E-state index contributed by atoms with van der Waals surface area (Å²) in [6, 6.07) is 13.5. The third-order valence-electron chi connectivity index (χ3n) is 4.22. The van der Waals surface area contributed by atoms with Gasteiger partial charge in [-0.15, -0.1) is 0 Å². The van der Waals surface area contributed by atoms with E-state index >= 15 is 0 Å². The highest BCUT2D eigenvalue weighted by atomic mass is 32.2. The zero-order valence-corrected chi connectivity index (χ0v) is 16.1. The number of rotatable bonds is 8. The molecule has 0 aromatic heterocycles. The molecular formula is C19H23N3O5S. The molecule has 9 heteroatoms. The normalized spacial score (nSPS) is 16.5. The number of ether oxygens (including phenoxy) is 2. The summed E-state index contributed by atoms with van der Waals surface area (Å²) in [4.78, 5) is 12.3. The number of benzene rings is 2. The number of amides is 1. The highest BCUT2D eigenvalue weighted by molar-refractivity contribution is 7.90. The minimum Gasteiger partial charge on any atom is -0.491 e. The van der Waals surface area contributed by atoms with Gasteiger partial charge in [-0.05, 0) is 54.8 Å². The van der Waals surface area contributed by atoms with Gasteiger partial charge in [0.25, 0.3) is 16.1 Å². The zero-order valence-electron chi connectivity index (χ0n) is 15.3. The molecule has 1 heterocycles. The van der Waals surface area contributed by atoms with Crippen molar-refractivity contribution in [1.29, 1.82) is 0 Å². The number of nitrogens with two attached hydrogens (primary N) is 1. The summed E-state index contributed by atoms with van der Waals surface area (Å²) in [6.07, 6.45) is 2.21. The van der Waals surface area contributed by atoms with E-state index in [1.54, 1.807) is 48.5 Å². The molecule has 0 spiro atoms. The second kappa shape index (κ2) is 9.05. The lowest BCUT2D eigenvalue weighted by Crippen LogP contribution is -2.23. The first-order valence-corrected chi connectivity index (χ1v) is 10.5.